The van der Waals surface area contributed by atoms with E-state index >= 15 is 0 Å². The van der Waals surface area contributed by atoms with E-state index in [-0.39, 0.29) is 40.1 Å². The third-order valence-corrected chi connectivity index (χ3v) is 0.400. The summed E-state index contributed by atoms with van der Waals surface area (Å²) in [6.07, 6.45) is 4.31. The smallest absolute Gasteiger partial charge is 0.119 e. The monoisotopic (exact) mass is 245 g/mol. The zero-order valence-corrected chi connectivity index (χ0v) is 11.5. The fourth-order valence-electron chi connectivity index (χ4n) is 0.205. The van der Waals surface area contributed by atoms with Gasteiger partial charge in [0.25, 0.3) is 0 Å². The Kier molecular flexibility index (Phi) is 57.6. The first-order valence-corrected chi connectivity index (χ1v) is 3.55. The molecule has 1 rings (SSSR count). The van der Waals surface area contributed by atoms with Crippen LogP contribution in [0.4, 0.5) is 0 Å². The topological polar surface area (TPSA) is 38.7 Å². The molecule has 0 spiro atoms. The second-order valence-corrected chi connectivity index (χ2v) is 0.794. The second-order valence-electron chi connectivity index (χ2n) is 0.794. The summed E-state index contributed by atoms with van der Waals surface area (Å²) in [5, 5.41) is 0. The number of nitrogens with zero attached hydrogens (tertiary/aromatic N) is 3. The predicted molar refractivity (Wildman–Crippen MR) is 48.9 cm³/mol. The molecule has 1 aromatic heterocycles. The van der Waals surface area contributed by atoms with E-state index in [2.05, 4.69) is 15.0 Å². The van der Waals surface area contributed by atoms with Crippen LogP contribution in [-0.4, -0.2) is 15.0 Å². The summed E-state index contributed by atoms with van der Waals surface area (Å²) in [5.74, 6) is 0. The van der Waals surface area contributed by atoms with Gasteiger partial charge in [0.2, 0.25) is 0 Å². The summed E-state index contributed by atoms with van der Waals surface area (Å²) < 4.78 is 0. The minimum absolute atomic E-state index is 0. The van der Waals surface area contributed by atoms with E-state index < -0.39 is 0 Å². The van der Waals surface area contributed by atoms with Gasteiger partial charge in [-0.3, -0.25) is 0 Å². The largest absolute Gasteiger partial charge is 0.358 e. The van der Waals surface area contributed by atoms with E-state index in [1.807, 2.05) is 27.7 Å². The van der Waals surface area contributed by atoms with Crippen LogP contribution in [0.3, 0.4) is 0 Å². The van der Waals surface area contributed by atoms with Gasteiger partial charge in [-0.25, -0.2) is 15.0 Å². The Balaban J connectivity index is -0.0000000480. The molecule has 1 radical (unpaired) electrons. The molecule has 1 heterocycles. The van der Waals surface area contributed by atoms with Crippen molar-refractivity contribution >= 4 is 0 Å². The maximum Gasteiger partial charge on any atom is 0.119 e. The third-order valence-electron chi connectivity index (χ3n) is 0.400. The Morgan fingerprint density at radius 3 is 0.917 bits per heavy atom. The molecule has 4 heteroatoms. The van der Waals surface area contributed by atoms with Crippen molar-refractivity contribution in [2.24, 2.45) is 0 Å². The summed E-state index contributed by atoms with van der Waals surface area (Å²) in [6.45, 7) is 8.00. The molecule has 0 amide bonds. The minimum atomic E-state index is 0. The van der Waals surface area contributed by atoms with Crippen molar-refractivity contribution in [3.8, 4) is 0 Å². The molecule has 0 unspecified atom stereocenters. The molecule has 0 bridgehead atoms. The van der Waals surface area contributed by atoms with Crippen LogP contribution in [-0.2, 0) is 32.7 Å². The van der Waals surface area contributed by atoms with Gasteiger partial charge in [0.15, 0.2) is 0 Å². The molecule has 0 saturated carbocycles. The molecule has 0 fully saturated rings. The standard InChI is InChI=1S/C3H3N3.2C2H6.CH3.Y/c1-4-2-6-3-5-1;2*1-2;;/h1-3H;2*1-2H3;1H3;/q;;;-1;. The fourth-order valence-corrected chi connectivity index (χ4v) is 0.205. The van der Waals surface area contributed by atoms with Crippen molar-refractivity contribution < 1.29 is 32.7 Å². The molecule has 0 aliphatic heterocycles. The zero-order chi connectivity index (χ0) is 8.24. The summed E-state index contributed by atoms with van der Waals surface area (Å²) >= 11 is 0. The second kappa shape index (κ2) is 30.4. The first-order chi connectivity index (χ1) is 5.00. The molecule has 0 aliphatic carbocycles. The minimum Gasteiger partial charge on any atom is -0.358 e. The first kappa shape index (κ1) is 22.7. The van der Waals surface area contributed by atoms with Gasteiger partial charge in [0, 0.05) is 32.7 Å². The first-order valence-electron chi connectivity index (χ1n) is 3.55. The van der Waals surface area contributed by atoms with Gasteiger partial charge in [-0.2, -0.15) is 0 Å². The molecule has 0 aromatic carbocycles. The van der Waals surface area contributed by atoms with Gasteiger partial charge in [-0.1, -0.05) is 27.7 Å². The van der Waals surface area contributed by atoms with Crippen molar-refractivity contribution in [3.05, 3.63) is 26.4 Å². The third kappa shape index (κ3) is 22.5. The molecule has 0 N–H and O–H groups in total. The summed E-state index contributed by atoms with van der Waals surface area (Å²) in [6, 6.07) is 0. The van der Waals surface area contributed by atoms with Crippen LogP contribution >= 0.6 is 0 Å². The molecule has 0 aliphatic rings. The molecule has 3 nitrogen and oxygen atoms in total. The number of hydrogen-bond donors (Lipinski definition) is 0. The van der Waals surface area contributed by atoms with Gasteiger partial charge in [0.05, 0.1) is 0 Å². The van der Waals surface area contributed by atoms with Gasteiger partial charge in [-0.05, 0) is 0 Å². The van der Waals surface area contributed by atoms with Crippen LogP contribution in [0.5, 0.6) is 0 Å². The van der Waals surface area contributed by atoms with E-state index in [0.717, 1.165) is 0 Å². The molecule has 12 heavy (non-hydrogen) atoms. The molecule has 0 atom stereocenters. The maximum atomic E-state index is 3.56. The average Bonchev–Trinajstić information content (AvgIpc) is 2.14. The summed E-state index contributed by atoms with van der Waals surface area (Å²) in [4.78, 5) is 10.7. The van der Waals surface area contributed by atoms with E-state index in [1.165, 1.54) is 19.0 Å². The van der Waals surface area contributed by atoms with Crippen molar-refractivity contribution in [1.29, 1.82) is 0 Å². The van der Waals surface area contributed by atoms with Crippen LogP contribution in [0.25, 0.3) is 0 Å². The Bertz CT molecular complexity index is 86.2. The number of rotatable bonds is 0. The fraction of sp³-hybridized carbons (Fsp3) is 0.500. The number of hydrogen-bond acceptors (Lipinski definition) is 3. The van der Waals surface area contributed by atoms with Crippen molar-refractivity contribution in [3.63, 3.8) is 0 Å². The molecular weight excluding hydrogens is 227 g/mol. The van der Waals surface area contributed by atoms with Crippen LogP contribution in [0.1, 0.15) is 27.7 Å². The van der Waals surface area contributed by atoms with E-state index in [0.29, 0.717) is 0 Å². The van der Waals surface area contributed by atoms with Crippen molar-refractivity contribution in [1.82, 2.24) is 15.0 Å². The van der Waals surface area contributed by atoms with E-state index in [1.54, 1.807) is 0 Å². The van der Waals surface area contributed by atoms with Gasteiger partial charge in [0.1, 0.15) is 19.0 Å². The Labute approximate surface area is 101 Å². The molecule has 0 saturated heterocycles. The summed E-state index contributed by atoms with van der Waals surface area (Å²) in [7, 11) is 0. The molecule has 1 aromatic rings. The van der Waals surface area contributed by atoms with E-state index in [9.17, 15) is 0 Å². The summed E-state index contributed by atoms with van der Waals surface area (Å²) in [5.41, 5.74) is 0. The maximum absolute atomic E-state index is 3.56. The normalized spacial score (nSPS) is 5.00. The number of aromatic nitrogens is 3. The van der Waals surface area contributed by atoms with Crippen LogP contribution in [0.15, 0.2) is 19.0 Å². The zero-order valence-electron chi connectivity index (χ0n) is 8.65. The van der Waals surface area contributed by atoms with E-state index in [4.69, 9.17) is 0 Å². The quantitative estimate of drug-likeness (QED) is 0.658. The SMILES string of the molecule is CC.CC.[CH3-].[Y].c1ncncn1. The van der Waals surface area contributed by atoms with Crippen LogP contribution < -0.4 is 0 Å². The Hall–Kier alpha value is 0.114. The van der Waals surface area contributed by atoms with Gasteiger partial charge in [-0.15, -0.1) is 0 Å². The van der Waals surface area contributed by atoms with Crippen LogP contribution in [0, 0.1) is 7.43 Å². The molecular formula is C8H18N3Y-. The van der Waals surface area contributed by atoms with Crippen LogP contribution in [0.2, 0.25) is 0 Å². The Morgan fingerprint density at radius 1 is 0.667 bits per heavy atom. The van der Waals surface area contributed by atoms with Gasteiger partial charge >= 0.3 is 0 Å². The van der Waals surface area contributed by atoms with Crippen molar-refractivity contribution in [2.45, 2.75) is 27.7 Å². The predicted octanol–water partition coefficient (Wildman–Crippen LogP) is 2.37. The van der Waals surface area contributed by atoms with Gasteiger partial charge < -0.3 is 7.43 Å². The van der Waals surface area contributed by atoms with Crippen molar-refractivity contribution in [2.75, 3.05) is 0 Å². The molecule has 69 valence electrons. The average molecular weight is 245 g/mol. The Morgan fingerprint density at radius 2 is 0.833 bits per heavy atom.